The van der Waals surface area contributed by atoms with Crippen LogP contribution in [0.15, 0.2) is 53.1 Å². The molecule has 2 heterocycles. The molecule has 2 aromatic carbocycles. The molecule has 0 aliphatic rings. The van der Waals surface area contributed by atoms with Gasteiger partial charge in [0.15, 0.2) is 11.7 Å². The maximum absolute atomic E-state index is 13.9. The zero-order valence-electron chi connectivity index (χ0n) is 16.6. The van der Waals surface area contributed by atoms with E-state index in [1.807, 2.05) is 31.2 Å². The molecule has 0 atom stereocenters. The number of hydrogen-bond acceptors (Lipinski definition) is 6. The third-order valence-electron chi connectivity index (χ3n) is 4.51. The van der Waals surface area contributed by atoms with Crippen molar-refractivity contribution in [2.45, 2.75) is 26.2 Å². The fraction of sp³-hybridized carbons (Fsp3) is 0.182. The molecule has 9 heteroatoms. The number of nitrogens with zero attached hydrogens (tertiary/aromatic N) is 3. The second-order valence-electron chi connectivity index (χ2n) is 6.95. The van der Waals surface area contributed by atoms with Crippen molar-refractivity contribution in [2.75, 3.05) is 5.32 Å². The number of carbonyl (C=O) groups excluding carboxylic acids is 1. The lowest BCUT2D eigenvalue weighted by Gasteiger charge is -2.00. The van der Waals surface area contributed by atoms with Gasteiger partial charge in [-0.05, 0) is 24.6 Å². The molecule has 0 radical (unpaired) electrons. The summed E-state index contributed by atoms with van der Waals surface area (Å²) in [5, 5.41) is 12.1. The molecule has 1 N–H and O–H groups in total. The van der Waals surface area contributed by atoms with Crippen LogP contribution in [0.2, 0.25) is 0 Å². The summed E-state index contributed by atoms with van der Waals surface area (Å²) >= 11 is 1.32. The van der Waals surface area contributed by atoms with E-state index in [2.05, 4.69) is 20.5 Å². The van der Waals surface area contributed by atoms with Crippen LogP contribution in [0.4, 0.5) is 13.9 Å². The van der Waals surface area contributed by atoms with Gasteiger partial charge in [0.1, 0.15) is 16.6 Å². The summed E-state index contributed by atoms with van der Waals surface area (Å²) in [6.45, 7) is 2.03. The van der Waals surface area contributed by atoms with Crippen LogP contribution in [0, 0.1) is 18.6 Å². The lowest BCUT2D eigenvalue weighted by Crippen LogP contribution is -2.12. The Morgan fingerprint density at radius 2 is 1.94 bits per heavy atom. The minimum Gasteiger partial charge on any atom is -0.441 e. The van der Waals surface area contributed by atoms with Gasteiger partial charge in [-0.1, -0.05) is 41.2 Å². The van der Waals surface area contributed by atoms with E-state index in [-0.39, 0.29) is 36.0 Å². The predicted molar refractivity (Wildman–Crippen MR) is 113 cm³/mol. The monoisotopic (exact) mass is 440 g/mol. The third kappa shape index (κ3) is 5.37. The molecular weight excluding hydrogens is 422 g/mol. The van der Waals surface area contributed by atoms with Gasteiger partial charge in [-0.25, -0.2) is 13.8 Å². The largest absolute Gasteiger partial charge is 0.441 e. The number of halogens is 2. The van der Waals surface area contributed by atoms with Crippen molar-refractivity contribution >= 4 is 22.4 Å². The first-order valence-corrected chi connectivity index (χ1v) is 10.4. The topological polar surface area (TPSA) is 80.9 Å². The smallest absolute Gasteiger partial charge is 0.226 e. The first-order chi connectivity index (χ1) is 15.0. The van der Waals surface area contributed by atoms with Crippen molar-refractivity contribution in [1.82, 2.24) is 15.2 Å². The Morgan fingerprint density at radius 1 is 1.13 bits per heavy atom. The van der Waals surface area contributed by atoms with Crippen molar-refractivity contribution < 1.29 is 18.0 Å². The van der Waals surface area contributed by atoms with Crippen LogP contribution in [-0.2, 0) is 17.6 Å². The Hall–Kier alpha value is -3.46. The van der Waals surface area contributed by atoms with Crippen LogP contribution in [0.5, 0.6) is 0 Å². The van der Waals surface area contributed by atoms with Gasteiger partial charge in [-0.3, -0.25) is 4.79 Å². The Labute approximate surface area is 181 Å². The number of nitrogens with one attached hydrogen (secondary N) is 1. The van der Waals surface area contributed by atoms with Gasteiger partial charge in [0.05, 0.1) is 11.8 Å². The fourth-order valence-electron chi connectivity index (χ4n) is 2.90. The molecule has 0 saturated carbocycles. The van der Waals surface area contributed by atoms with E-state index in [9.17, 15) is 13.6 Å². The van der Waals surface area contributed by atoms with Gasteiger partial charge in [-0.15, -0.1) is 10.2 Å². The van der Waals surface area contributed by atoms with Crippen molar-refractivity contribution in [1.29, 1.82) is 0 Å². The lowest BCUT2D eigenvalue weighted by atomic mass is 10.1. The van der Waals surface area contributed by atoms with Crippen LogP contribution >= 0.6 is 11.3 Å². The van der Waals surface area contributed by atoms with Crippen LogP contribution in [-0.4, -0.2) is 21.1 Å². The third-order valence-corrected chi connectivity index (χ3v) is 5.34. The van der Waals surface area contributed by atoms with Crippen LogP contribution in [0.3, 0.4) is 0 Å². The summed E-state index contributed by atoms with van der Waals surface area (Å²) in [4.78, 5) is 16.3. The lowest BCUT2D eigenvalue weighted by molar-refractivity contribution is -0.116. The number of oxazole rings is 1. The van der Waals surface area contributed by atoms with Crippen LogP contribution in [0.25, 0.3) is 11.3 Å². The molecule has 0 spiro atoms. The molecule has 2 aromatic heterocycles. The maximum atomic E-state index is 13.9. The highest BCUT2D eigenvalue weighted by Crippen LogP contribution is 2.25. The van der Waals surface area contributed by atoms with Gasteiger partial charge in [0.25, 0.3) is 0 Å². The summed E-state index contributed by atoms with van der Waals surface area (Å²) in [7, 11) is 0. The Balaban J connectivity index is 1.30. The van der Waals surface area contributed by atoms with Crippen molar-refractivity contribution in [3.63, 3.8) is 0 Å². The zero-order chi connectivity index (χ0) is 21.8. The Bertz CT molecular complexity index is 1200. The normalized spacial score (nSPS) is 10.9. The number of amides is 1. The molecule has 0 unspecified atom stereocenters. The Kier molecular flexibility index (Phi) is 6.13. The van der Waals surface area contributed by atoms with Crippen LogP contribution in [0.1, 0.15) is 28.4 Å². The quantitative estimate of drug-likeness (QED) is 0.440. The van der Waals surface area contributed by atoms with Crippen molar-refractivity contribution in [3.8, 4) is 11.3 Å². The molecule has 158 valence electrons. The molecule has 4 aromatic rings. The molecule has 31 heavy (non-hydrogen) atoms. The standard InChI is InChI=1S/C22H18F2N4O2S/c1-13-2-4-14(5-3-13)10-21-27-28-22(31-21)26-19(29)8-9-20-25-12-18(30-20)16-7-6-15(23)11-17(16)24/h2-7,11-12H,8-10H2,1H3,(H,26,28,29). The fourth-order valence-corrected chi connectivity index (χ4v) is 3.69. The minimum atomic E-state index is -0.738. The number of benzene rings is 2. The number of anilines is 1. The molecule has 0 aliphatic heterocycles. The van der Waals surface area contributed by atoms with E-state index >= 15 is 0 Å². The number of carbonyl (C=O) groups is 1. The van der Waals surface area contributed by atoms with E-state index in [1.54, 1.807) is 0 Å². The average Bonchev–Trinajstić information content (AvgIpc) is 3.38. The highest BCUT2D eigenvalue weighted by Gasteiger charge is 2.14. The maximum Gasteiger partial charge on any atom is 0.226 e. The first-order valence-electron chi connectivity index (χ1n) is 9.54. The predicted octanol–water partition coefficient (Wildman–Crippen LogP) is 4.94. The molecule has 4 rings (SSSR count). The average molecular weight is 440 g/mol. The number of aromatic nitrogens is 3. The molecule has 6 nitrogen and oxygen atoms in total. The van der Waals surface area contributed by atoms with Gasteiger partial charge < -0.3 is 9.73 Å². The molecule has 0 aliphatic carbocycles. The van der Waals surface area contributed by atoms with Crippen molar-refractivity contribution in [3.05, 3.63) is 82.3 Å². The second kappa shape index (κ2) is 9.13. The molecule has 0 fully saturated rings. The SMILES string of the molecule is Cc1ccc(Cc2nnc(NC(=O)CCc3ncc(-c4ccc(F)cc4F)o3)s2)cc1. The summed E-state index contributed by atoms with van der Waals surface area (Å²) in [5.41, 5.74) is 2.42. The van der Waals surface area contributed by atoms with Gasteiger partial charge >= 0.3 is 0 Å². The van der Waals surface area contributed by atoms with Crippen LogP contribution < -0.4 is 5.32 Å². The highest BCUT2D eigenvalue weighted by molar-refractivity contribution is 7.15. The molecular formula is C22H18F2N4O2S. The molecule has 0 saturated heterocycles. The summed E-state index contributed by atoms with van der Waals surface area (Å²) in [5.74, 6) is -1.20. The van der Waals surface area contributed by atoms with Gasteiger partial charge in [0.2, 0.25) is 11.0 Å². The summed E-state index contributed by atoms with van der Waals surface area (Å²) < 4.78 is 32.4. The van der Waals surface area contributed by atoms with E-state index in [0.717, 1.165) is 22.7 Å². The first kappa shape index (κ1) is 20.8. The number of aryl methyl sites for hydroxylation is 2. The number of rotatable bonds is 7. The zero-order valence-corrected chi connectivity index (χ0v) is 17.4. The Morgan fingerprint density at radius 3 is 2.71 bits per heavy atom. The number of hydrogen-bond donors (Lipinski definition) is 1. The minimum absolute atomic E-state index is 0.110. The van der Waals surface area contributed by atoms with Gasteiger partial charge in [0, 0.05) is 25.3 Å². The van der Waals surface area contributed by atoms with E-state index < -0.39 is 11.6 Å². The highest BCUT2D eigenvalue weighted by atomic mass is 32.1. The second-order valence-corrected chi connectivity index (χ2v) is 8.02. The van der Waals surface area contributed by atoms with E-state index in [0.29, 0.717) is 11.6 Å². The van der Waals surface area contributed by atoms with E-state index in [4.69, 9.17) is 4.42 Å². The van der Waals surface area contributed by atoms with E-state index in [1.165, 1.54) is 29.2 Å². The summed E-state index contributed by atoms with van der Waals surface area (Å²) in [6.07, 6.45) is 2.33. The molecule has 1 amide bonds. The molecule has 0 bridgehead atoms. The summed E-state index contributed by atoms with van der Waals surface area (Å²) in [6, 6.07) is 11.4. The van der Waals surface area contributed by atoms with Gasteiger partial charge in [-0.2, -0.15) is 0 Å². The van der Waals surface area contributed by atoms with Crippen molar-refractivity contribution in [2.24, 2.45) is 0 Å².